The van der Waals surface area contributed by atoms with Crippen LogP contribution < -0.4 is 4.74 Å². The van der Waals surface area contributed by atoms with E-state index in [2.05, 4.69) is 42.7 Å². The Morgan fingerprint density at radius 1 is 0.864 bits per heavy atom. The molecule has 1 aliphatic carbocycles. The van der Waals surface area contributed by atoms with Crippen molar-refractivity contribution < 1.29 is 4.74 Å². The molecule has 2 aromatic carbocycles. The van der Waals surface area contributed by atoms with Gasteiger partial charge in [-0.1, -0.05) is 65.1 Å². The zero-order chi connectivity index (χ0) is 15.2. The van der Waals surface area contributed by atoms with Crippen molar-refractivity contribution in [3.63, 3.8) is 0 Å². The summed E-state index contributed by atoms with van der Waals surface area (Å²) in [5, 5.41) is 2.56. The first kappa shape index (κ1) is 16.1. The lowest BCUT2D eigenvalue weighted by Gasteiger charge is -2.22. The molecule has 0 aliphatic heterocycles. The zero-order valence-electron chi connectivity index (χ0n) is 13.2. The fourth-order valence-electron chi connectivity index (χ4n) is 3.23. The lowest BCUT2D eigenvalue weighted by atomic mass is 9.98. The minimum absolute atomic E-state index is 0.391. The lowest BCUT2D eigenvalue weighted by molar-refractivity contribution is 0.169. The number of fused-ring (bicyclic) bond motifs is 1. The smallest absolute Gasteiger partial charge is 0.127 e. The molecular formula is C19H24OS2. The van der Waals surface area contributed by atoms with Gasteiger partial charge in [-0.3, -0.25) is 0 Å². The van der Waals surface area contributed by atoms with Gasteiger partial charge in [0.05, 0.1) is 6.10 Å². The van der Waals surface area contributed by atoms with E-state index in [1.54, 1.807) is 10.8 Å². The molecule has 22 heavy (non-hydrogen) atoms. The van der Waals surface area contributed by atoms with Crippen molar-refractivity contribution >= 4 is 32.4 Å². The van der Waals surface area contributed by atoms with Gasteiger partial charge in [-0.15, -0.1) is 0 Å². The molecule has 118 valence electrons. The fraction of sp³-hybridized carbons (Fsp3) is 0.474. The Labute approximate surface area is 141 Å². The molecule has 1 saturated carbocycles. The van der Waals surface area contributed by atoms with E-state index in [0.717, 1.165) is 5.75 Å². The third-order valence-corrected chi connectivity index (χ3v) is 6.10. The second-order valence-electron chi connectivity index (χ2n) is 5.94. The maximum Gasteiger partial charge on any atom is 0.127 e. The third-order valence-electron chi connectivity index (χ3n) is 4.36. The van der Waals surface area contributed by atoms with Gasteiger partial charge in [0.25, 0.3) is 0 Å². The SMILES string of the molecule is CSSc1ccc(OC2CCCCCCC2)c2ccccc12. The average molecular weight is 333 g/mol. The highest BCUT2D eigenvalue weighted by Gasteiger charge is 2.15. The molecule has 3 rings (SSSR count). The summed E-state index contributed by atoms with van der Waals surface area (Å²) in [4.78, 5) is 1.33. The summed E-state index contributed by atoms with van der Waals surface area (Å²) in [6, 6.07) is 13.0. The van der Waals surface area contributed by atoms with Crippen LogP contribution in [0.2, 0.25) is 0 Å². The standard InChI is InChI=1S/C19H24OS2/c1-21-22-19-14-13-18(16-11-7-8-12-17(16)19)20-15-9-5-3-2-4-6-10-15/h7-8,11-15H,2-6,9-10H2,1H3. The number of ether oxygens (including phenoxy) is 1. The van der Waals surface area contributed by atoms with Crippen LogP contribution in [0.3, 0.4) is 0 Å². The Kier molecular flexibility index (Phi) is 5.96. The number of hydrogen-bond donors (Lipinski definition) is 0. The molecule has 0 saturated heterocycles. The van der Waals surface area contributed by atoms with E-state index in [1.807, 2.05) is 10.8 Å². The molecule has 0 aromatic heterocycles. The number of benzene rings is 2. The predicted octanol–water partition coefficient (Wildman–Crippen LogP) is 6.70. The Balaban J connectivity index is 1.85. The molecule has 0 amide bonds. The van der Waals surface area contributed by atoms with Crippen LogP contribution in [0.1, 0.15) is 44.9 Å². The van der Waals surface area contributed by atoms with E-state index >= 15 is 0 Å². The molecule has 0 radical (unpaired) electrons. The third kappa shape index (κ3) is 3.94. The Bertz CT molecular complexity index is 603. The van der Waals surface area contributed by atoms with Gasteiger partial charge < -0.3 is 4.74 Å². The van der Waals surface area contributed by atoms with Crippen LogP contribution in [-0.4, -0.2) is 12.4 Å². The number of rotatable bonds is 4. The molecule has 1 fully saturated rings. The van der Waals surface area contributed by atoms with Gasteiger partial charge in [0.1, 0.15) is 5.75 Å². The monoisotopic (exact) mass is 332 g/mol. The summed E-state index contributed by atoms with van der Waals surface area (Å²) < 4.78 is 6.42. The van der Waals surface area contributed by atoms with Crippen LogP contribution >= 0.6 is 21.6 Å². The highest BCUT2D eigenvalue weighted by atomic mass is 33.1. The quantitative estimate of drug-likeness (QED) is 0.576. The molecule has 0 unspecified atom stereocenters. The van der Waals surface area contributed by atoms with Crippen LogP contribution in [0.15, 0.2) is 41.3 Å². The summed E-state index contributed by atoms with van der Waals surface area (Å²) in [7, 11) is 3.62. The van der Waals surface area contributed by atoms with E-state index in [4.69, 9.17) is 4.74 Å². The van der Waals surface area contributed by atoms with Crippen molar-refractivity contribution in [3.8, 4) is 5.75 Å². The van der Waals surface area contributed by atoms with E-state index in [0.29, 0.717) is 6.10 Å². The highest BCUT2D eigenvalue weighted by molar-refractivity contribution is 8.76. The Hall–Kier alpha value is -0.800. The molecule has 2 aromatic rings. The summed E-state index contributed by atoms with van der Waals surface area (Å²) >= 11 is 0. The minimum Gasteiger partial charge on any atom is -0.490 e. The maximum absolute atomic E-state index is 6.42. The van der Waals surface area contributed by atoms with Crippen molar-refractivity contribution in [3.05, 3.63) is 36.4 Å². The Morgan fingerprint density at radius 2 is 1.55 bits per heavy atom. The predicted molar refractivity (Wildman–Crippen MR) is 100 cm³/mol. The number of hydrogen-bond acceptors (Lipinski definition) is 3. The van der Waals surface area contributed by atoms with Gasteiger partial charge >= 0.3 is 0 Å². The highest BCUT2D eigenvalue weighted by Crippen LogP contribution is 2.38. The molecule has 0 heterocycles. The van der Waals surface area contributed by atoms with E-state index in [1.165, 1.54) is 60.6 Å². The molecular weight excluding hydrogens is 308 g/mol. The largest absolute Gasteiger partial charge is 0.490 e. The normalized spacial score (nSPS) is 17.1. The van der Waals surface area contributed by atoms with Gasteiger partial charge in [-0.2, -0.15) is 0 Å². The Morgan fingerprint density at radius 3 is 2.27 bits per heavy atom. The molecule has 1 nitrogen and oxygen atoms in total. The molecule has 0 bridgehead atoms. The second-order valence-corrected chi connectivity index (χ2v) is 8.38. The molecule has 0 atom stereocenters. The van der Waals surface area contributed by atoms with Gasteiger partial charge in [0.2, 0.25) is 0 Å². The minimum atomic E-state index is 0.391. The zero-order valence-corrected chi connectivity index (χ0v) is 14.8. The first-order valence-corrected chi connectivity index (χ1v) is 10.8. The lowest BCUT2D eigenvalue weighted by Crippen LogP contribution is -2.17. The molecule has 0 N–H and O–H groups in total. The van der Waals surface area contributed by atoms with Gasteiger partial charge in [-0.25, -0.2) is 0 Å². The van der Waals surface area contributed by atoms with Crippen molar-refractivity contribution in [2.45, 2.75) is 55.9 Å². The van der Waals surface area contributed by atoms with Crippen molar-refractivity contribution in [1.82, 2.24) is 0 Å². The fourth-order valence-corrected chi connectivity index (χ4v) is 4.77. The van der Waals surface area contributed by atoms with Crippen molar-refractivity contribution in [2.24, 2.45) is 0 Å². The van der Waals surface area contributed by atoms with Crippen molar-refractivity contribution in [2.75, 3.05) is 6.26 Å². The van der Waals surface area contributed by atoms with Crippen LogP contribution in [0.5, 0.6) is 5.75 Å². The average Bonchev–Trinajstić information content (AvgIpc) is 2.52. The van der Waals surface area contributed by atoms with Crippen LogP contribution in [0.4, 0.5) is 0 Å². The molecule has 3 heteroatoms. The summed E-state index contributed by atoms with van der Waals surface area (Å²) in [6.45, 7) is 0. The van der Waals surface area contributed by atoms with E-state index in [9.17, 15) is 0 Å². The molecule has 0 spiro atoms. The van der Waals surface area contributed by atoms with Crippen LogP contribution in [0, 0.1) is 0 Å². The first-order valence-electron chi connectivity index (χ1n) is 8.27. The van der Waals surface area contributed by atoms with Gasteiger partial charge in [0, 0.05) is 10.3 Å². The van der Waals surface area contributed by atoms with E-state index < -0.39 is 0 Å². The summed E-state index contributed by atoms with van der Waals surface area (Å²) in [5.74, 6) is 1.06. The van der Waals surface area contributed by atoms with Crippen LogP contribution in [0.25, 0.3) is 10.8 Å². The van der Waals surface area contributed by atoms with Gasteiger partial charge in [0.15, 0.2) is 0 Å². The summed E-state index contributed by atoms with van der Waals surface area (Å²) in [5.41, 5.74) is 0. The van der Waals surface area contributed by atoms with Crippen molar-refractivity contribution in [1.29, 1.82) is 0 Å². The summed E-state index contributed by atoms with van der Waals surface area (Å²) in [6.07, 6.45) is 11.7. The first-order chi connectivity index (χ1) is 10.9. The molecule has 1 aliphatic rings. The van der Waals surface area contributed by atoms with Crippen LogP contribution in [-0.2, 0) is 0 Å². The topological polar surface area (TPSA) is 9.23 Å². The maximum atomic E-state index is 6.42. The van der Waals surface area contributed by atoms with E-state index in [-0.39, 0.29) is 0 Å². The second kappa shape index (κ2) is 8.16. The van der Waals surface area contributed by atoms with Gasteiger partial charge in [-0.05, 0) is 49.5 Å².